The highest BCUT2D eigenvalue weighted by atomic mass is 16.7. The Balaban J connectivity index is 1.71. The van der Waals surface area contributed by atoms with E-state index in [2.05, 4.69) is 104 Å². The zero-order valence-corrected chi connectivity index (χ0v) is 46.0. The van der Waals surface area contributed by atoms with Crippen molar-refractivity contribution in [3.8, 4) is 0 Å². The van der Waals surface area contributed by atoms with Crippen LogP contribution in [0.1, 0.15) is 187 Å². The van der Waals surface area contributed by atoms with E-state index < -0.39 is 86.8 Å². The van der Waals surface area contributed by atoms with Crippen molar-refractivity contribution < 1.29 is 64.6 Å². The molecule has 0 spiro atoms. The molecule has 0 aromatic carbocycles. The molecule has 75 heavy (non-hydrogen) atoms. The summed E-state index contributed by atoms with van der Waals surface area (Å²) in [7, 11) is 0. The van der Waals surface area contributed by atoms with Crippen LogP contribution in [0.5, 0.6) is 0 Å². The van der Waals surface area contributed by atoms with Gasteiger partial charge >= 0.3 is 0 Å². The van der Waals surface area contributed by atoms with Crippen LogP contribution in [0.4, 0.5) is 0 Å². The molecule has 2 aliphatic heterocycles. The number of amides is 1. The molecule has 9 N–H and O–H groups in total. The van der Waals surface area contributed by atoms with Crippen molar-refractivity contribution in [1.29, 1.82) is 0 Å². The molecule has 12 unspecified atom stereocenters. The minimum atomic E-state index is -1.80. The van der Waals surface area contributed by atoms with Crippen LogP contribution in [0.2, 0.25) is 0 Å². The molecule has 0 radical (unpaired) electrons. The van der Waals surface area contributed by atoms with Crippen molar-refractivity contribution in [3.05, 3.63) is 97.2 Å². The van der Waals surface area contributed by atoms with Crippen molar-refractivity contribution in [2.45, 2.75) is 261 Å². The highest BCUT2D eigenvalue weighted by Crippen LogP contribution is 2.30. The maximum Gasteiger partial charge on any atom is 0.220 e. The van der Waals surface area contributed by atoms with Gasteiger partial charge in [-0.2, -0.15) is 0 Å². The summed E-state index contributed by atoms with van der Waals surface area (Å²) >= 11 is 0. The van der Waals surface area contributed by atoms with E-state index >= 15 is 0 Å². The lowest BCUT2D eigenvalue weighted by Gasteiger charge is -2.46. The number of aliphatic hydroxyl groups excluding tert-OH is 8. The van der Waals surface area contributed by atoms with Crippen LogP contribution in [0.15, 0.2) is 97.2 Å². The van der Waals surface area contributed by atoms with Gasteiger partial charge in [-0.3, -0.25) is 4.79 Å². The van der Waals surface area contributed by atoms with Gasteiger partial charge in [0.2, 0.25) is 5.91 Å². The summed E-state index contributed by atoms with van der Waals surface area (Å²) in [5.74, 6) is -0.261. The second kappa shape index (κ2) is 45.9. The summed E-state index contributed by atoms with van der Waals surface area (Å²) in [6, 6.07) is -0.943. The summed E-state index contributed by atoms with van der Waals surface area (Å²) in [4.78, 5) is 13.2. The maximum absolute atomic E-state index is 13.2. The number of hydrogen-bond acceptors (Lipinski definition) is 13. The molecule has 2 rings (SSSR count). The van der Waals surface area contributed by atoms with E-state index in [0.29, 0.717) is 12.8 Å². The van der Waals surface area contributed by atoms with E-state index in [4.69, 9.17) is 18.9 Å². The van der Waals surface area contributed by atoms with E-state index in [0.717, 1.165) is 83.5 Å². The smallest absolute Gasteiger partial charge is 0.220 e. The number of unbranched alkanes of at least 4 members (excludes halogenated alkanes) is 17. The van der Waals surface area contributed by atoms with E-state index in [1.807, 2.05) is 6.08 Å². The van der Waals surface area contributed by atoms with Gasteiger partial charge in [-0.15, -0.1) is 0 Å². The number of aliphatic hydroxyl groups is 8. The monoisotopic (exact) mass is 1060 g/mol. The fourth-order valence-corrected chi connectivity index (χ4v) is 8.81. The second-order valence-corrected chi connectivity index (χ2v) is 20.0. The molecule has 14 heteroatoms. The molecule has 0 aromatic heterocycles. The summed E-state index contributed by atoms with van der Waals surface area (Å²) in [6.07, 6.45) is 46.0. The highest BCUT2D eigenvalue weighted by Gasteiger charge is 2.51. The molecule has 2 aliphatic rings. The first-order valence-corrected chi connectivity index (χ1v) is 29.0. The normalized spacial score (nSPS) is 25.8. The minimum Gasteiger partial charge on any atom is -0.394 e. The molecule has 0 aromatic rings. The zero-order chi connectivity index (χ0) is 54.6. The molecule has 14 nitrogen and oxygen atoms in total. The molecule has 2 heterocycles. The molecule has 430 valence electrons. The fourth-order valence-electron chi connectivity index (χ4n) is 8.81. The first-order valence-electron chi connectivity index (χ1n) is 29.0. The summed E-state index contributed by atoms with van der Waals surface area (Å²) in [5.41, 5.74) is 0. The van der Waals surface area contributed by atoms with Gasteiger partial charge in [0, 0.05) is 6.42 Å². The predicted molar refractivity (Wildman–Crippen MR) is 299 cm³/mol. The van der Waals surface area contributed by atoms with Crippen LogP contribution in [-0.2, 0) is 23.7 Å². The summed E-state index contributed by atoms with van der Waals surface area (Å²) in [5, 5.41) is 86.9. The molecule has 0 saturated carbocycles. The quantitative estimate of drug-likeness (QED) is 0.0205. The van der Waals surface area contributed by atoms with Gasteiger partial charge in [-0.05, 0) is 83.5 Å². The second-order valence-electron chi connectivity index (χ2n) is 20.0. The third-order valence-electron chi connectivity index (χ3n) is 13.5. The zero-order valence-electron chi connectivity index (χ0n) is 46.0. The molecule has 0 bridgehead atoms. The molecule has 2 fully saturated rings. The topological polar surface area (TPSA) is 228 Å². The minimum absolute atomic E-state index is 0.261. The average molecular weight is 1060 g/mol. The third-order valence-corrected chi connectivity index (χ3v) is 13.5. The Morgan fingerprint density at radius 1 is 0.493 bits per heavy atom. The Morgan fingerprint density at radius 3 is 1.47 bits per heavy atom. The van der Waals surface area contributed by atoms with Gasteiger partial charge < -0.3 is 65.1 Å². The number of hydrogen-bond donors (Lipinski definition) is 9. The van der Waals surface area contributed by atoms with Gasteiger partial charge in [0.15, 0.2) is 12.6 Å². The van der Waals surface area contributed by atoms with Crippen LogP contribution in [0.25, 0.3) is 0 Å². The number of nitrogens with one attached hydrogen (secondary N) is 1. The van der Waals surface area contributed by atoms with Crippen LogP contribution in [0, 0.1) is 0 Å². The van der Waals surface area contributed by atoms with Gasteiger partial charge in [0.1, 0.15) is 48.8 Å². The first kappa shape index (κ1) is 68.0. The first-order chi connectivity index (χ1) is 36.6. The van der Waals surface area contributed by atoms with Crippen molar-refractivity contribution in [3.63, 3.8) is 0 Å². The molecule has 2 saturated heterocycles. The Bertz CT molecular complexity index is 1620. The van der Waals surface area contributed by atoms with Crippen molar-refractivity contribution in [2.75, 3.05) is 19.8 Å². The van der Waals surface area contributed by atoms with Crippen molar-refractivity contribution in [1.82, 2.24) is 5.32 Å². The van der Waals surface area contributed by atoms with Crippen LogP contribution < -0.4 is 5.32 Å². The maximum atomic E-state index is 13.2. The third kappa shape index (κ3) is 31.8. The molecular formula is C61H103NO13. The Kier molecular flexibility index (Phi) is 41.6. The summed E-state index contributed by atoms with van der Waals surface area (Å²) in [6.45, 7) is 2.58. The number of ether oxygens (including phenoxy) is 4. The van der Waals surface area contributed by atoms with E-state index in [9.17, 15) is 45.6 Å². The SMILES string of the molecule is CC/C=C\C/C=C\C/C=C\C/C=C\C/C=C\CCCCCCCCCCCCCCCC(=O)NC(COC1OC(CO)C(OC2OC(CO)C(O)C(O)C2O)C(O)C1O)C(O)/C=C/CC/C=C/CC/C=C/CCCC. The van der Waals surface area contributed by atoms with Crippen LogP contribution in [0.3, 0.4) is 0 Å². The molecule has 0 aliphatic carbocycles. The van der Waals surface area contributed by atoms with Crippen molar-refractivity contribution >= 4 is 5.91 Å². The molecule has 1 amide bonds. The highest BCUT2D eigenvalue weighted by molar-refractivity contribution is 5.76. The fraction of sp³-hybridized carbons (Fsp3) is 0.721. The van der Waals surface area contributed by atoms with Gasteiger partial charge in [-0.25, -0.2) is 0 Å². The van der Waals surface area contributed by atoms with Gasteiger partial charge in [0.05, 0.1) is 32.0 Å². The number of carbonyl (C=O) groups excluding carboxylic acids is 1. The Labute approximate surface area is 452 Å². The molecular weight excluding hydrogens is 955 g/mol. The predicted octanol–water partition coefficient (Wildman–Crippen LogP) is 9.49. The lowest BCUT2D eigenvalue weighted by atomic mass is 9.97. The number of rotatable bonds is 44. The van der Waals surface area contributed by atoms with E-state index in [1.54, 1.807) is 6.08 Å². The summed E-state index contributed by atoms with van der Waals surface area (Å²) < 4.78 is 22.7. The van der Waals surface area contributed by atoms with Gasteiger partial charge in [-0.1, -0.05) is 195 Å². The lowest BCUT2D eigenvalue weighted by Crippen LogP contribution is -2.65. The number of carbonyl (C=O) groups is 1. The van der Waals surface area contributed by atoms with E-state index in [-0.39, 0.29) is 18.9 Å². The molecule has 12 atom stereocenters. The largest absolute Gasteiger partial charge is 0.394 e. The Hall–Kier alpha value is -3.09. The average Bonchev–Trinajstić information content (AvgIpc) is 3.41. The van der Waals surface area contributed by atoms with Crippen LogP contribution >= 0.6 is 0 Å². The lowest BCUT2D eigenvalue weighted by molar-refractivity contribution is -0.359. The van der Waals surface area contributed by atoms with E-state index in [1.165, 1.54) is 70.6 Å². The van der Waals surface area contributed by atoms with Crippen LogP contribution in [-0.4, -0.2) is 140 Å². The van der Waals surface area contributed by atoms with Crippen molar-refractivity contribution in [2.24, 2.45) is 0 Å². The van der Waals surface area contributed by atoms with Gasteiger partial charge in [0.25, 0.3) is 0 Å². The Morgan fingerprint density at radius 2 is 0.933 bits per heavy atom. The number of allylic oxidation sites excluding steroid dienone is 15. The standard InChI is InChI=1S/C61H103NO13/c1-3-5-7-9-11-13-15-17-18-19-20-21-22-23-24-25-26-27-28-29-30-31-32-33-35-37-39-41-43-45-53(66)62-49(50(65)44-42-40-38-36-34-16-14-12-10-8-6-4-2)48-72-60-58(71)56(69)59(52(47-64)74-60)75-61-57(70)55(68)54(67)51(46-63)73-61/h5,7,10-13,17-18,20-21,23-24,34,36,42,44,49-52,54-61,63-65,67-71H,3-4,6,8-9,14-16,19,22,25-33,35,37-41,43,45-48H2,1-2H3,(H,62,66)/b7-5-,12-10+,13-11-,18-17-,21-20-,24-23-,36-34+,44-42+.